The van der Waals surface area contributed by atoms with E-state index in [0.29, 0.717) is 6.42 Å². The maximum Gasteiger partial charge on any atom is 0.245 e. The molecule has 1 saturated carbocycles. The predicted molar refractivity (Wildman–Crippen MR) is 109 cm³/mol. The van der Waals surface area contributed by atoms with Crippen molar-refractivity contribution >= 4 is 23.5 Å². The number of aliphatic hydroxyl groups is 1. The summed E-state index contributed by atoms with van der Waals surface area (Å²) in [4.78, 5) is 49.1. The summed E-state index contributed by atoms with van der Waals surface area (Å²) in [6.07, 6.45) is 0.461. The third-order valence-electron chi connectivity index (χ3n) is 5.18. The number of aliphatic hydroxyl groups excluding tert-OH is 1. The molecule has 1 aliphatic carbocycles. The minimum atomic E-state index is -1.23. The van der Waals surface area contributed by atoms with Gasteiger partial charge in [0.1, 0.15) is 17.6 Å². The van der Waals surface area contributed by atoms with Gasteiger partial charge < -0.3 is 32.1 Å². The third-order valence-corrected chi connectivity index (χ3v) is 5.18. The van der Waals surface area contributed by atoms with Gasteiger partial charge in [0.05, 0.1) is 13.2 Å². The second kappa shape index (κ2) is 10.3. The summed E-state index contributed by atoms with van der Waals surface area (Å²) in [5, 5.41) is 19.5. The van der Waals surface area contributed by atoms with Crippen LogP contribution < -0.4 is 27.0 Å². The molecule has 7 N–H and O–H groups in total. The molecule has 2 unspecified atom stereocenters. The number of carbonyl (C=O) groups is 4. The van der Waals surface area contributed by atoms with E-state index in [-0.39, 0.29) is 24.8 Å². The van der Waals surface area contributed by atoms with Crippen molar-refractivity contribution < 1.29 is 24.3 Å². The average molecular weight is 419 g/mol. The van der Waals surface area contributed by atoms with Crippen LogP contribution in [0.4, 0.5) is 0 Å². The number of hydrogen-bond donors (Lipinski definition) is 6. The molecule has 1 aromatic rings. The molecular weight excluding hydrogens is 390 g/mol. The quantitative estimate of drug-likeness (QED) is 0.236. The van der Waals surface area contributed by atoms with E-state index in [2.05, 4.69) is 21.3 Å². The number of nitrogens with two attached hydrogens (primary N) is 1. The Labute approximate surface area is 175 Å². The van der Waals surface area contributed by atoms with Crippen LogP contribution in [0.15, 0.2) is 30.3 Å². The fraction of sp³-hybridized carbons (Fsp3) is 0.500. The number of carbonyl (C=O) groups excluding carboxylic acids is 4. The lowest BCUT2D eigenvalue weighted by Gasteiger charge is -2.24. The van der Waals surface area contributed by atoms with Gasteiger partial charge in [-0.15, -0.1) is 0 Å². The highest BCUT2D eigenvalue weighted by atomic mass is 16.3. The SMILES string of the molecule is CNCC(=O)N[C@@H](CO)C(=O)N[C@@H](CN)C(=O)NC1(C(C)=O)CC1c1ccccc1. The third kappa shape index (κ3) is 5.41. The minimum Gasteiger partial charge on any atom is -0.394 e. The summed E-state index contributed by atoms with van der Waals surface area (Å²) in [5.41, 5.74) is 5.56. The Kier molecular flexibility index (Phi) is 8.04. The van der Waals surface area contributed by atoms with Crippen LogP contribution >= 0.6 is 0 Å². The van der Waals surface area contributed by atoms with Crippen LogP contribution in [0, 0.1) is 0 Å². The molecule has 1 aliphatic rings. The van der Waals surface area contributed by atoms with Gasteiger partial charge in [0.2, 0.25) is 17.7 Å². The first kappa shape index (κ1) is 23.5. The Hall–Kier alpha value is -2.82. The summed E-state index contributed by atoms with van der Waals surface area (Å²) >= 11 is 0. The number of amides is 3. The van der Waals surface area contributed by atoms with Gasteiger partial charge in [-0.2, -0.15) is 0 Å². The highest BCUT2D eigenvalue weighted by molar-refractivity contribution is 5.98. The summed E-state index contributed by atoms with van der Waals surface area (Å²) < 4.78 is 0. The molecule has 10 heteroatoms. The van der Waals surface area contributed by atoms with Gasteiger partial charge >= 0.3 is 0 Å². The van der Waals surface area contributed by atoms with Crippen LogP contribution in [-0.2, 0) is 19.2 Å². The van der Waals surface area contributed by atoms with Gasteiger partial charge in [-0.3, -0.25) is 19.2 Å². The summed E-state index contributed by atoms with van der Waals surface area (Å²) in [5.74, 6) is -2.17. The van der Waals surface area contributed by atoms with E-state index < -0.39 is 42.0 Å². The zero-order valence-electron chi connectivity index (χ0n) is 17.1. The molecule has 0 radical (unpaired) electrons. The van der Waals surface area contributed by atoms with Crippen molar-refractivity contribution in [3.05, 3.63) is 35.9 Å². The molecule has 0 bridgehead atoms. The first-order chi connectivity index (χ1) is 14.3. The van der Waals surface area contributed by atoms with E-state index in [0.717, 1.165) is 5.56 Å². The van der Waals surface area contributed by atoms with Crippen molar-refractivity contribution in [2.75, 3.05) is 26.7 Å². The van der Waals surface area contributed by atoms with E-state index >= 15 is 0 Å². The van der Waals surface area contributed by atoms with Crippen LogP contribution in [0.1, 0.15) is 24.8 Å². The molecular formula is C20H29N5O5. The van der Waals surface area contributed by atoms with Gasteiger partial charge in [0, 0.05) is 12.5 Å². The maximum absolute atomic E-state index is 12.8. The van der Waals surface area contributed by atoms with Crippen LogP contribution in [0.5, 0.6) is 0 Å². The minimum absolute atomic E-state index is 0.0351. The van der Waals surface area contributed by atoms with E-state index in [9.17, 15) is 24.3 Å². The van der Waals surface area contributed by atoms with E-state index in [1.54, 1.807) is 7.05 Å². The lowest BCUT2D eigenvalue weighted by atomic mass is 10.0. The normalized spacial score (nSPS) is 21.8. The fourth-order valence-electron chi connectivity index (χ4n) is 3.38. The molecule has 1 fully saturated rings. The fourth-order valence-corrected chi connectivity index (χ4v) is 3.38. The highest BCUT2D eigenvalue weighted by Gasteiger charge is 2.60. The van der Waals surface area contributed by atoms with Crippen LogP contribution in [0.2, 0.25) is 0 Å². The van der Waals surface area contributed by atoms with Crippen molar-refractivity contribution in [1.82, 2.24) is 21.3 Å². The van der Waals surface area contributed by atoms with E-state index in [1.165, 1.54) is 6.92 Å². The summed E-state index contributed by atoms with van der Waals surface area (Å²) in [6.45, 7) is 0.517. The largest absolute Gasteiger partial charge is 0.394 e. The lowest BCUT2D eigenvalue weighted by molar-refractivity contribution is -0.133. The Morgan fingerprint density at radius 3 is 2.33 bits per heavy atom. The molecule has 2 rings (SSSR count). The van der Waals surface area contributed by atoms with Gasteiger partial charge in [-0.1, -0.05) is 30.3 Å². The molecule has 0 saturated heterocycles. The van der Waals surface area contributed by atoms with Crippen LogP contribution in [-0.4, -0.2) is 73.0 Å². The number of likely N-dealkylation sites (N-methyl/N-ethyl adjacent to an activating group) is 1. The summed E-state index contributed by atoms with van der Waals surface area (Å²) in [7, 11) is 1.56. The van der Waals surface area contributed by atoms with Gasteiger partial charge in [0.25, 0.3) is 0 Å². The van der Waals surface area contributed by atoms with Crippen molar-refractivity contribution in [1.29, 1.82) is 0 Å². The Morgan fingerprint density at radius 2 is 1.80 bits per heavy atom. The molecule has 10 nitrogen and oxygen atoms in total. The molecule has 0 spiro atoms. The van der Waals surface area contributed by atoms with Gasteiger partial charge in [-0.25, -0.2) is 0 Å². The Bertz CT molecular complexity index is 787. The molecule has 0 heterocycles. The number of Topliss-reactive ketones (excluding diaryl/α,β-unsaturated/α-hetero) is 1. The molecule has 4 atom stereocenters. The molecule has 1 aromatic carbocycles. The lowest BCUT2D eigenvalue weighted by Crippen LogP contribution is -2.59. The van der Waals surface area contributed by atoms with Gasteiger partial charge in [-0.05, 0) is 26.0 Å². The van der Waals surface area contributed by atoms with Crippen molar-refractivity contribution in [3.8, 4) is 0 Å². The van der Waals surface area contributed by atoms with Crippen molar-refractivity contribution in [3.63, 3.8) is 0 Å². The average Bonchev–Trinajstić information content (AvgIpc) is 3.46. The van der Waals surface area contributed by atoms with E-state index in [1.807, 2.05) is 30.3 Å². The second-order valence-electron chi connectivity index (χ2n) is 7.31. The Morgan fingerprint density at radius 1 is 1.13 bits per heavy atom. The zero-order chi connectivity index (χ0) is 22.3. The van der Waals surface area contributed by atoms with Crippen molar-refractivity contribution in [2.45, 2.75) is 36.9 Å². The maximum atomic E-state index is 12.8. The molecule has 0 aliphatic heterocycles. The topological polar surface area (TPSA) is 163 Å². The number of ketones is 1. The molecule has 0 aromatic heterocycles. The second-order valence-corrected chi connectivity index (χ2v) is 7.31. The molecule has 30 heavy (non-hydrogen) atoms. The number of rotatable bonds is 11. The standard InChI is InChI=1S/C20H29N5O5/c1-12(27)20(8-14(20)13-6-4-3-5-7-13)25-19(30)15(9-21)24-18(29)16(11-26)23-17(28)10-22-2/h3-7,14-16,22,26H,8-11,21H2,1-2H3,(H,23,28)(H,24,29)(H,25,30)/t14?,15-,16-,20?/m0/s1. The van der Waals surface area contributed by atoms with Crippen LogP contribution in [0.3, 0.4) is 0 Å². The smallest absolute Gasteiger partial charge is 0.245 e. The first-order valence-electron chi connectivity index (χ1n) is 9.72. The molecule has 3 amide bonds. The zero-order valence-corrected chi connectivity index (χ0v) is 17.1. The monoisotopic (exact) mass is 419 g/mol. The number of benzene rings is 1. The number of hydrogen-bond acceptors (Lipinski definition) is 7. The number of nitrogens with one attached hydrogen (secondary N) is 4. The predicted octanol–water partition coefficient (Wildman–Crippen LogP) is -2.24. The first-order valence-corrected chi connectivity index (χ1v) is 9.72. The Balaban J connectivity index is 2.04. The molecule has 164 valence electrons. The highest BCUT2D eigenvalue weighted by Crippen LogP contribution is 2.52. The summed E-state index contributed by atoms with van der Waals surface area (Å²) in [6, 6.07) is 7.02. The van der Waals surface area contributed by atoms with Crippen molar-refractivity contribution in [2.24, 2.45) is 5.73 Å². The van der Waals surface area contributed by atoms with Gasteiger partial charge in [0.15, 0.2) is 5.78 Å². The van der Waals surface area contributed by atoms with E-state index in [4.69, 9.17) is 5.73 Å². The van der Waals surface area contributed by atoms with Crippen LogP contribution in [0.25, 0.3) is 0 Å².